The summed E-state index contributed by atoms with van der Waals surface area (Å²) in [5.74, 6) is 0.858. The zero-order chi connectivity index (χ0) is 31.2. The number of aromatic nitrogens is 3. The van der Waals surface area contributed by atoms with Crippen molar-refractivity contribution in [3.8, 4) is 0 Å². The maximum absolute atomic E-state index is 14.2. The predicted octanol–water partition coefficient (Wildman–Crippen LogP) is 6.16. The molecule has 2 N–H and O–H groups in total. The number of amides is 2. The van der Waals surface area contributed by atoms with E-state index in [1.54, 1.807) is 6.33 Å². The van der Waals surface area contributed by atoms with Gasteiger partial charge < -0.3 is 20.3 Å². The first-order chi connectivity index (χ1) is 21.1. The van der Waals surface area contributed by atoms with Crippen molar-refractivity contribution in [3.05, 3.63) is 47.5 Å². The molecule has 0 radical (unpaired) electrons. The Morgan fingerprint density at radius 2 is 1.66 bits per heavy atom. The predicted molar refractivity (Wildman–Crippen MR) is 172 cm³/mol. The highest BCUT2D eigenvalue weighted by Crippen LogP contribution is 2.47. The van der Waals surface area contributed by atoms with E-state index < -0.39 is 5.60 Å². The van der Waals surface area contributed by atoms with Crippen molar-refractivity contribution in [2.75, 3.05) is 13.1 Å². The highest BCUT2D eigenvalue weighted by molar-refractivity contribution is 6.30. The summed E-state index contributed by atoms with van der Waals surface area (Å²) in [6.07, 6.45) is 15.7. The molecule has 2 aromatic rings. The minimum atomic E-state index is -0.515. The van der Waals surface area contributed by atoms with Crippen LogP contribution >= 0.6 is 11.6 Å². The summed E-state index contributed by atoms with van der Waals surface area (Å²) in [7, 11) is 0. The summed E-state index contributed by atoms with van der Waals surface area (Å²) in [5, 5.41) is 12.0. The van der Waals surface area contributed by atoms with Crippen molar-refractivity contribution >= 4 is 23.6 Å². The first-order valence-corrected chi connectivity index (χ1v) is 17.1. The van der Waals surface area contributed by atoms with Crippen LogP contribution in [0.5, 0.6) is 0 Å². The van der Waals surface area contributed by atoms with Gasteiger partial charge in [-0.15, -0.1) is 0 Å². The molecular formula is C34H51ClN6O3. The lowest BCUT2D eigenvalue weighted by molar-refractivity contribution is -0.137. The van der Waals surface area contributed by atoms with Crippen LogP contribution in [-0.4, -0.2) is 68.5 Å². The maximum Gasteiger partial charge on any atom is 0.407 e. The largest absolute Gasteiger partial charge is 0.444 e. The summed E-state index contributed by atoms with van der Waals surface area (Å²) in [5.41, 5.74) is 0.739. The van der Waals surface area contributed by atoms with E-state index in [0.29, 0.717) is 17.4 Å². The van der Waals surface area contributed by atoms with Gasteiger partial charge in [-0.25, -0.2) is 9.78 Å². The van der Waals surface area contributed by atoms with Crippen molar-refractivity contribution in [2.45, 2.75) is 128 Å². The quantitative estimate of drug-likeness (QED) is 0.346. The fourth-order valence-corrected chi connectivity index (χ4v) is 7.80. The lowest BCUT2D eigenvalue weighted by Gasteiger charge is -2.48. The van der Waals surface area contributed by atoms with Crippen molar-refractivity contribution in [1.82, 2.24) is 30.3 Å². The van der Waals surface area contributed by atoms with Crippen LogP contribution in [0, 0.1) is 11.3 Å². The van der Waals surface area contributed by atoms with E-state index in [0.717, 1.165) is 63.7 Å². The van der Waals surface area contributed by atoms with Crippen molar-refractivity contribution < 1.29 is 14.3 Å². The zero-order valence-electron chi connectivity index (χ0n) is 26.8. The second-order valence-corrected chi connectivity index (χ2v) is 14.8. The van der Waals surface area contributed by atoms with Crippen LogP contribution in [0.1, 0.15) is 97.0 Å². The number of nitrogens with one attached hydrogen (secondary N) is 2. The molecule has 2 aliphatic carbocycles. The number of carbonyl (C=O) groups excluding carboxylic acids is 2. The number of piperidine rings is 1. The molecular weight excluding hydrogens is 576 g/mol. The Morgan fingerprint density at radius 1 is 1.00 bits per heavy atom. The summed E-state index contributed by atoms with van der Waals surface area (Å²) in [6.45, 7) is 8.05. The number of alkyl carbamates (subject to hydrolysis) is 1. The van der Waals surface area contributed by atoms with E-state index in [1.807, 2.05) is 56.0 Å². The maximum atomic E-state index is 14.2. The van der Waals surface area contributed by atoms with E-state index in [9.17, 15) is 9.59 Å². The van der Waals surface area contributed by atoms with Crippen molar-refractivity contribution in [1.29, 1.82) is 0 Å². The number of hydrogen-bond acceptors (Lipinski definition) is 6. The molecule has 0 bridgehead atoms. The van der Waals surface area contributed by atoms with Crippen LogP contribution in [0.15, 0.2) is 36.9 Å². The molecule has 10 heteroatoms. The Kier molecular flexibility index (Phi) is 10.9. The number of hydrogen-bond donors (Lipinski definition) is 2. The van der Waals surface area contributed by atoms with Gasteiger partial charge in [0.05, 0.1) is 6.04 Å². The minimum absolute atomic E-state index is 0.0910. The lowest BCUT2D eigenvalue weighted by Crippen LogP contribution is -2.56. The van der Waals surface area contributed by atoms with E-state index >= 15 is 0 Å². The van der Waals surface area contributed by atoms with E-state index in [-0.39, 0.29) is 35.5 Å². The summed E-state index contributed by atoms with van der Waals surface area (Å²) < 4.78 is 7.46. The fourth-order valence-electron chi connectivity index (χ4n) is 7.68. The molecule has 44 heavy (non-hydrogen) atoms. The molecule has 0 spiro atoms. The zero-order valence-corrected chi connectivity index (χ0v) is 27.5. The smallest absolute Gasteiger partial charge is 0.407 e. The SMILES string of the molecule is CC(C)(C)OC(=O)NC1CCC(N[C@H](Cc2ccc(Cl)cc2)C(=O)N2CCC(Cn3cncn3)(C3CCCCC3)CC2)CC1. The fraction of sp³-hybridized carbons (Fsp3) is 0.706. The molecule has 9 nitrogen and oxygen atoms in total. The second-order valence-electron chi connectivity index (χ2n) is 14.4. The second kappa shape index (κ2) is 14.6. The highest BCUT2D eigenvalue weighted by atomic mass is 35.5. The van der Waals surface area contributed by atoms with E-state index in [1.165, 1.54) is 32.1 Å². The van der Waals surface area contributed by atoms with Gasteiger partial charge in [0.2, 0.25) is 5.91 Å². The average molecular weight is 627 g/mol. The molecule has 5 rings (SSSR count). The molecule has 242 valence electrons. The number of rotatable bonds is 9. The third kappa shape index (κ3) is 8.96. The third-order valence-electron chi connectivity index (χ3n) is 10.0. The van der Waals surface area contributed by atoms with Crippen molar-refractivity contribution in [2.24, 2.45) is 11.3 Å². The molecule has 3 aliphatic rings. The lowest BCUT2D eigenvalue weighted by atomic mass is 9.63. The van der Waals surface area contributed by atoms with Gasteiger partial charge in [0.1, 0.15) is 18.3 Å². The summed E-state index contributed by atoms with van der Waals surface area (Å²) in [6, 6.07) is 7.84. The van der Waals surface area contributed by atoms with Gasteiger partial charge >= 0.3 is 6.09 Å². The molecule has 0 unspecified atom stereocenters. The Labute approximate surface area is 267 Å². The van der Waals surface area contributed by atoms with Crippen LogP contribution in [0.4, 0.5) is 4.79 Å². The minimum Gasteiger partial charge on any atom is -0.444 e. The Balaban J connectivity index is 1.22. The molecule has 1 atom stereocenters. The van der Waals surface area contributed by atoms with E-state index in [2.05, 4.69) is 25.6 Å². The molecule has 1 aliphatic heterocycles. The third-order valence-corrected chi connectivity index (χ3v) is 10.3. The topological polar surface area (TPSA) is 101 Å². The molecule has 2 saturated carbocycles. The van der Waals surface area contributed by atoms with Gasteiger partial charge in [-0.1, -0.05) is 43.0 Å². The van der Waals surface area contributed by atoms with Gasteiger partial charge in [-0.3, -0.25) is 9.48 Å². The van der Waals surface area contributed by atoms with Crippen LogP contribution < -0.4 is 10.6 Å². The van der Waals surface area contributed by atoms with Gasteiger partial charge in [-0.05, 0) is 108 Å². The number of benzene rings is 1. The Hall–Kier alpha value is -2.65. The average Bonchev–Trinajstić information content (AvgIpc) is 3.51. The van der Waals surface area contributed by atoms with Gasteiger partial charge in [0.25, 0.3) is 0 Å². The number of carbonyl (C=O) groups is 2. The van der Waals surface area contributed by atoms with Crippen molar-refractivity contribution in [3.63, 3.8) is 0 Å². The van der Waals surface area contributed by atoms with Gasteiger partial charge in [-0.2, -0.15) is 5.10 Å². The number of halogens is 1. The van der Waals surface area contributed by atoms with Crippen LogP contribution in [0.25, 0.3) is 0 Å². The number of likely N-dealkylation sites (tertiary alicyclic amines) is 1. The number of nitrogens with zero attached hydrogens (tertiary/aromatic N) is 4. The number of ether oxygens (including phenoxy) is 1. The molecule has 2 amide bonds. The Bertz CT molecular complexity index is 1190. The first kappa shape index (κ1) is 32.7. The van der Waals surface area contributed by atoms with Crippen LogP contribution in [-0.2, 0) is 22.5 Å². The van der Waals surface area contributed by atoms with Crippen LogP contribution in [0.3, 0.4) is 0 Å². The van der Waals surface area contributed by atoms with Gasteiger partial charge in [0.15, 0.2) is 0 Å². The van der Waals surface area contributed by atoms with E-state index in [4.69, 9.17) is 16.3 Å². The molecule has 3 fully saturated rings. The summed E-state index contributed by atoms with van der Waals surface area (Å²) in [4.78, 5) is 32.8. The first-order valence-electron chi connectivity index (χ1n) is 16.7. The monoisotopic (exact) mass is 626 g/mol. The normalized spacial score (nSPS) is 23.6. The summed E-state index contributed by atoms with van der Waals surface area (Å²) >= 11 is 6.17. The standard InChI is InChI=1S/C34H51ClN6O3/c1-33(2,3)44-32(43)39-29-15-13-28(14-16-29)38-30(21-25-9-11-27(35)12-10-25)31(42)40-19-17-34(18-20-40,22-41-24-36-23-37-41)26-7-5-4-6-8-26/h9-12,23-24,26,28-30,38H,4-8,13-22H2,1-3H3,(H,39,43)/t28?,29?,30-/m1/s1. The molecule has 2 heterocycles. The van der Waals surface area contributed by atoms with Gasteiger partial charge in [0, 0.05) is 36.7 Å². The molecule has 1 aromatic carbocycles. The highest BCUT2D eigenvalue weighted by Gasteiger charge is 2.44. The Morgan fingerprint density at radius 3 is 2.27 bits per heavy atom. The molecule has 1 saturated heterocycles. The van der Waals surface area contributed by atoms with Crippen LogP contribution in [0.2, 0.25) is 5.02 Å². The molecule has 1 aromatic heterocycles.